The minimum absolute atomic E-state index is 0.122. The summed E-state index contributed by atoms with van der Waals surface area (Å²) in [6, 6.07) is 31.7. The molecule has 8 heteroatoms. The topological polar surface area (TPSA) is 75.7 Å². The van der Waals surface area contributed by atoms with Crippen molar-refractivity contribution in [3.63, 3.8) is 0 Å². The number of nitrogens with one attached hydrogen (secondary N) is 1. The number of hydrogen-bond acceptors (Lipinski definition) is 5. The molecule has 0 fully saturated rings. The molecule has 4 aromatic carbocycles. The molecule has 0 aromatic heterocycles. The van der Waals surface area contributed by atoms with E-state index < -0.39 is 15.9 Å². The molecule has 1 amide bonds. The second-order valence-electron chi connectivity index (χ2n) is 8.67. The lowest BCUT2D eigenvalue weighted by atomic mass is 10.1. The third-order valence-electron chi connectivity index (χ3n) is 5.95. The van der Waals surface area contributed by atoms with Crippen LogP contribution in [0, 0.1) is 6.92 Å². The maximum absolute atomic E-state index is 13.7. The smallest absolute Gasteiger partial charge is 0.243 e. The summed E-state index contributed by atoms with van der Waals surface area (Å²) in [4.78, 5) is 15.3. The van der Waals surface area contributed by atoms with E-state index >= 15 is 0 Å². The molecule has 0 atom stereocenters. The summed E-state index contributed by atoms with van der Waals surface area (Å²) >= 11 is 1.53. The van der Waals surface area contributed by atoms with Gasteiger partial charge in [0.1, 0.15) is 5.75 Å². The molecular formula is C30H30N2O4S2. The van der Waals surface area contributed by atoms with Gasteiger partial charge in [0.25, 0.3) is 0 Å². The van der Waals surface area contributed by atoms with Crippen LogP contribution in [0.4, 0.5) is 5.69 Å². The molecule has 38 heavy (non-hydrogen) atoms. The third kappa shape index (κ3) is 7.04. The van der Waals surface area contributed by atoms with Gasteiger partial charge in [-0.1, -0.05) is 72.4 Å². The molecule has 0 aliphatic rings. The summed E-state index contributed by atoms with van der Waals surface area (Å²) in [6.45, 7) is 1.63. The van der Waals surface area contributed by atoms with Crippen molar-refractivity contribution in [1.82, 2.24) is 4.31 Å². The molecule has 0 saturated heterocycles. The standard InChI is InChI=1S/C30H30N2O4S2/c1-23-21-26(17-18-28(23)36-2)38(34,35)32(20-19-24-11-5-3-6-12-24)22-30(33)31-27-15-9-10-16-29(27)37-25-13-7-4-8-14-25/h3-18,21H,19-20,22H2,1-2H3,(H,31,33). The summed E-state index contributed by atoms with van der Waals surface area (Å²) in [7, 11) is -2.41. The number of nitrogens with zero attached hydrogens (tertiary/aromatic N) is 1. The van der Waals surface area contributed by atoms with Crippen molar-refractivity contribution in [2.45, 2.75) is 28.0 Å². The molecule has 196 valence electrons. The zero-order valence-electron chi connectivity index (χ0n) is 21.3. The van der Waals surface area contributed by atoms with Crippen molar-refractivity contribution in [1.29, 1.82) is 0 Å². The van der Waals surface area contributed by atoms with Gasteiger partial charge in [0.2, 0.25) is 15.9 Å². The van der Waals surface area contributed by atoms with Gasteiger partial charge < -0.3 is 10.1 Å². The number of carbonyl (C=O) groups excluding carboxylic acids is 1. The Labute approximate surface area is 228 Å². The number of hydrogen-bond donors (Lipinski definition) is 1. The maximum atomic E-state index is 13.7. The van der Waals surface area contributed by atoms with Gasteiger partial charge in [-0.15, -0.1) is 0 Å². The normalized spacial score (nSPS) is 11.3. The minimum atomic E-state index is -3.95. The van der Waals surface area contributed by atoms with Crippen LogP contribution < -0.4 is 10.1 Å². The molecular weight excluding hydrogens is 516 g/mol. The molecule has 0 spiro atoms. The van der Waals surface area contributed by atoms with Crippen molar-refractivity contribution in [3.05, 3.63) is 114 Å². The predicted octanol–water partition coefficient (Wildman–Crippen LogP) is 6.03. The number of aryl methyl sites for hydroxylation is 1. The van der Waals surface area contributed by atoms with E-state index in [2.05, 4.69) is 5.32 Å². The van der Waals surface area contributed by atoms with Crippen molar-refractivity contribution in [2.24, 2.45) is 0 Å². The van der Waals surface area contributed by atoms with Crippen LogP contribution in [0.2, 0.25) is 0 Å². The Kier molecular flexibility index (Phi) is 9.23. The molecule has 4 rings (SSSR count). The summed E-state index contributed by atoms with van der Waals surface area (Å²) in [5.41, 5.74) is 2.32. The van der Waals surface area contributed by atoms with E-state index in [1.165, 1.54) is 22.1 Å². The number of carbonyl (C=O) groups is 1. The Hall–Kier alpha value is -3.59. The zero-order valence-corrected chi connectivity index (χ0v) is 23.0. The van der Waals surface area contributed by atoms with Gasteiger partial charge in [-0.3, -0.25) is 4.79 Å². The summed E-state index contributed by atoms with van der Waals surface area (Å²) < 4.78 is 33.9. The first kappa shape index (κ1) is 27.4. The average molecular weight is 547 g/mol. The fraction of sp³-hybridized carbons (Fsp3) is 0.167. The molecule has 0 radical (unpaired) electrons. The Morgan fingerprint density at radius 2 is 1.55 bits per heavy atom. The Balaban J connectivity index is 1.56. The van der Waals surface area contributed by atoms with Crippen LogP contribution in [-0.4, -0.2) is 38.8 Å². The fourth-order valence-electron chi connectivity index (χ4n) is 3.97. The van der Waals surface area contributed by atoms with E-state index in [0.717, 1.165) is 15.4 Å². The minimum Gasteiger partial charge on any atom is -0.496 e. The van der Waals surface area contributed by atoms with E-state index in [1.807, 2.05) is 84.9 Å². The van der Waals surface area contributed by atoms with Crippen LogP contribution >= 0.6 is 11.8 Å². The molecule has 1 N–H and O–H groups in total. The van der Waals surface area contributed by atoms with Crippen LogP contribution in [0.15, 0.2) is 118 Å². The lowest BCUT2D eigenvalue weighted by molar-refractivity contribution is -0.116. The SMILES string of the molecule is COc1ccc(S(=O)(=O)N(CCc2ccccc2)CC(=O)Nc2ccccc2Sc2ccccc2)cc1C. The number of ether oxygens (including phenoxy) is 1. The number of para-hydroxylation sites is 1. The number of methoxy groups -OCH3 is 1. The molecule has 0 bridgehead atoms. The highest BCUT2D eigenvalue weighted by atomic mass is 32.2. The maximum Gasteiger partial charge on any atom is 0.243 e. The highest BCUT2D eigenvalue weighted by Crippen LogP contribution is 2.33. The van der Waals surface area contributed by atoms with E-state index in [9.17, 15) is 13.2 Å². The largest absolute Gasteiger partial charge is 0.496 e. The lowest BCUT2D eigenvalue weighted by Crippen LogP contribution is -2.39. The van der Waals surface area contributed by atoms with Crippen LogP contribution in [0.1, 0.15) is 11.1 Å². The first-order chi connectivity index (χ1) is 18.4. The zero-order chi connectivity index (χ0) is 27.0. The van der Waals surface area contributed by atoms with E-state index in [-0.39, 0.29) is 18.0 Å². The van der Waals surface area contributed by atoms with Crippen molar-refractivity contribution in [3.8, 4) is 5.75 Å². The first-order valence-electron chi connectivity index (χ1n) is 12.2. The molecule has 0 saturated carbocycles. The number of amides is 1. The molecule has 4 aromatic rings. The van der Waals surface area contributed by atoms with Gasteiger partial charge in [0, 0.05) is 16.3 Å². The van der Waals surface area contributed by atoms with Gasteiger partial charge in [-0.25, -0.2) is 8.42 Å². The molecule has 0 aliphatic heterocycles. The number of anilines is 1. The second-order valence-corrected chi connectivity index (χ2v) is 11.7. The Morgan fingerprint density at radius 3 is 2.24 bits per heavy atom. The summed E-state index contributed by atoms with van der Waals surface area (Å²) in [5, 5.41) is 2.93. The molecule has 0 heterocycles. The highest BCUT2D eigenvalue weighted by molar-refractivity contribution is 7.99. The van der Waals surface area contributed by atoms with Crippen LogP contribution in [0.25, 0.3) is 0 Å². The van der Waals surface area contributed by atoms with Gasteiger partial charge in [0.15, 0.2) is 0 Å². The van der Waals surface area contributed by atoms with Crippen LogP contribution in [0.3, 0.4) is 0 Å². The van der Waals surface area contributed by atoms with E-state index in [0.29, 0.717) is 23.4 Å². The molecule has 0 aliphatic carbocycles. The van der Waals surface area contributed by atoms with Crippen LogP contribution in [-0.2, 0) is 21.2 Å². The van der Waals surface area contributed by atoms with Gasteiger partial charge in [-0.2, -0.15) is 4.31 Å². The quantitative estimate of drug-likeness (QED) is 0.249. The average Bonchev–Trinajstić information content (AvgIpc) is 2.93. The van der Waals surface area contributed by atoms with Gasteiger partial charge in [0.05, 0.1) is 24.2 Å². The summed E-state index contributed by atoms with van der Waals surface area (Å²) in [5.74, 6) is 0.193. The van der Waals surface area contributed by atoms with Crippen molar-refractivity contribution in [2.75, 3.05) is 25.5 Å². The number of sulfonamides is 1. The Bertz CT molecular complexity index is 1480. The van der Waals surface area contributed by atoms with Gasteiger partial charge in [-0.05, 0) is 66.9 Å². The monoisotopic (exact) mass is 546 g/mol. The highest BCUT2D eigenvalue weighted by Gasteiger charge is 2.27. The van der Waals surface area contributed by atoms with Gasteiger partial charge >= 0.3 is 0 Å². The molecule has 0 unspecified atom stereocenters. The first-order valence-corrected chi connectivity index (χ1v) is 14.4. The number of benzene rings is 4. The number of rotatable bonds is 11. The van der Waals surface area contributed by atoms with Crippen molar-refractivity contribution < 1.29 is 17.9 Å². The predicted molar refractivity (Wildman–Crippen MR) is 152 cm³/mol. The van der Waals surface area contributed by atoms with Crippen molar-refractivity contribution >= 4 is 33.4 Å². The fourth-order valence-corrected chi connectivity index (χ4v) is 6.37. The third-order valence-corrected chi connectivity index (χ3v) is 8.87. The van der Waals surface area contributed by atoms with Crippen LogP contribution in [0.5, 0.6) is 5.75 Å². The van der Waals surface area contributed by atoms with E-state index in [4.69, 9.17) is 4.74 Å². The molecule has 6 nitrogen and oxygen atoms in total. The summed E-state index contributed by atoms with van der Waals surface area (Å²) in [6.07, 6.45) is 0.475. The lowest BCUT2D eigenvalue weighted by Gasteiger charge is -2.23. The Morgan fingerprint density at radius 1 is 0.895 bits per heavy atom. The van der Waals surface area contributed by atoms with E-state index in [1.54, 1.807) is 26.2 Å². The second kappa shape index (κ2) is 12.8.